The van der Waals surface area contributed by atoms with Crippen molar-refractivity contribution in [1.82, 2.24) is 0 Å². The number of benzene rings is 1. The highest BCUT2D eigenvalue weighted by atomic mass is 35.5. The monoisotopic (exact) mass is 247 g/mol. The van der Waals surface area contributed by atoms with Gasteiger partial charge in [0.05, 0.1) is 16.3 Å². The van der Waals surface area contributed by atoms with Gasteiger partial charge in [-0.25, -0.2) is 0 Å². The molecule has 2 nitrogen and oxygen atoms in total. The summed E-state index contributed by atoms with van der Waals surface area (Å²) in [6.07, 6.45) is -3.17. The average molecular weight is 248 g/mol. The molecule has 0 bridgehead atoms. The molecule has 0 atom stereocenters. The molecule has 0 fully saturated rings. The molecule has 0 saturated heterocycles. The van der Waals surface area contributed by atoms with Gasteiger partial charge in [-0.15, -0.1) is 0 Å². The normalized spacial score (nSPS) is 15.1. The predicted octanol–water partition coefficient (Wildman–Crippen LogP) is 3.65. The summed E-state index contributed by atoms with van der Waals surface area (Å²) in [5.74, 6) is -0.405. The summed E-state index contributed by atoms with van der Waals surface area (Å²) >= 11 is 5.65. The summed E-state index contributed by atoms with van der Waals surface area (Å²) in [4.78, 5) is 15.2. The van der Waals surface area contributed by atoms with Crippen LogP contribution in [0.1, 0.15) is 22.3 Å². The highest BCUT2D eigenvalue weighted by Gasteiger charge is 2.33. The van der Waals surface area contributed by atoms with Crippen LogP contribution in [0.3, 0.4) is 0 Å². The SMILES string of the molecule is O=C1CC=Nc2c(Cl)cc(C(F)(F)F)cc21. The second kappa shape index (κ2) is 3.59. The maximum atomic E-state index is 12.5. The zero-order valence-corrected chi connectivity index (χ0v) is 8.56. The van der Waals surface area contributed by atoms with E-state index in [-0.39, 0.29) is 22.7 Å². The fraction of sp³-hybridized carbons (Fsp3) is 0.200. The van der Waals surface area contributed by atoms with E-state index < -0.39 is 17.5 Å². The molecule has 0 aliphatic carbocycles. The number of aliphatic imine (C=N–C) groups is 1. The first-order chi connectivity index (χ1) is 7.39. The Morgan fingerprint density at radius 3 is 2.62 bits per heavy atom. The predicted molar refractivity (Wildman–Crippen MR) is 53.6 cm³/mol. The van der Waals surface area contributed by atoms with E-state index in [4.69, 9.17) is 11.6 Å². The highest BCUT2D eigenvalue weighted by molar-refractivity contribution is 6.34. The van der Waals surface area contributed by atoms with Crippen molar-refractivity contribution in [2.24, 2.45) is 4.99 Å². The number of halogens is 4. The van der Waals surface area contributed by atoms with Gasteiger partial charge in [0.2, 0.25) is 0 Å². The Bertz CT molecular complexity index is 494. The zero-order chi connectivity index (χ0) is 11.9. The Labute approximate surface area is 93.7 Å². The van der Waals surface area contributed by atoms with Crippen molar-refractivity contribution in [2.75, 3.05) is 0 Å². The van der Waals surface area contributed by atoms with Crippen LogP contribution in [-0.2, 0) is 6.18 Å². The Kier molecular flexibility index (Phi) is 2.50. The van der Waals surface area contributed by atoms with Gasteiger partial charge in [0.1, 0.15) is 0 Å². The van der Waals surface area contributed by atoms with Crippen LogP contribution in [0.15, 0.2) is 17.1 Å². The topological polar surface area (TPSA) is 29.4 Å². The molecule has 0 spiro atoms. The lowest BCUT2D eigenvalue weighted by molar-refractivity contribution is -0.137. The molecule has 1 aliphatic rings. The maximum absolute atomic E-state index is 12.5. The van der Waals surface area contributed by atoms with Gasteiger partial charge in [0, 0.05) is 18.2 Å². The number of ketones is 1. The van der Waals surface area contributed by atoms with Gasteiger partial charge in [-0.05, 0) is 12.1 Å². The molecule has 1 aromatic rings. The molecule has 1 heterocycles. The maximum Gasteiger partial charge on any atom is 0.416 e. The average Bonchev–Trinajstić information content (AvgIpc) is 2.18. The lowest BCUT2D eigenvalue weighted by atomic mass is 10.0. The minimum atomic E-state index is -4.51. The fourth-order valence-electron chi connectivity index (χ4n) is 1.44. The number of carbonyl (C=O) groups is 1. The Morgan fingerprint density at radius 1 is 1.31 bits per heavy atom. The molecule has 2 rings (SSSR count). The molecule has 1 aromatic carbocycles. The van der Waals surface area contributed by atoms with Crippen LogP contribution in [-0.4, -0.2) is 12.0 Å². The number of alkyl halides is 3. The minimum absolute atomic E-state index is 0.00460. The summed E-state index contributed by atoms with van der Waals surface area (Å²) < 4.78 is 37.4. The number of rotatable bonds is 0. The van der Waals surface area contributed by atoms with Crippen LogP contribution < -0.4 is 0 Å². The number of fused-ring (bicyclic) bond motifs is 1. The van der Waals surface area contributed by atoms with Crippen molar-refractivity contribution in [1.29, 1.82) is 0 Å². The molecule has 16 heavy (non-hydrogen) atoms. The largest absolute Gasteiger partial charge is 0.416 e. The second-order valence-corrected chi connectivity index (χ2v) is 3.70. The van der Waals surface area contributed by atoms with E-state index in [9.17, 15) is 18.0 Å². The van der Waals surface area contributed by atoms with Crippen molar-refractivity contribution < 1.29 is 18.0 Å². The van der Waals surface area contributed by atoms with Gasteiger partial charge in [0.15, 0.2) is 5.78 Å². The summed E-state index contributed by atoms with van der Waals surface area (Å²) in [6, 6.07) is 1.57. The van der Waals surface area contributed by atoms with E-state index in [2.05, 4.69) is 4.99 Å². The van der Waals surface area contributed by atoms with Crippen LogP contribution in [0.5, 0.6) is 0 Å². The van der Waals surface area contributed by atoms with E-state index >= 15 is 0 Å². The zero-order valence-electron chi connectivity index (χ0n) is 7.81. The third-order valence-electron chi connectivity index (χ3n) is 2.19. The van der Waals surface area contributed by atoms with Crippen LogP contribution in [0, 0.1) is 0 Å². The first-order valence-corrected chi connectivity index (χ1v) is 4.74. The molecular formula is C10H5ClF3NO. The van der Waals surface area contributed by atoms with E-state index in [1.807, 2.05) is 0 Å². The quantitative estimate of drug-likeness (QED) is 0.688. The number of nitrogens with zero attached hydrogens (tertiary/aromatic N) is 1. The second-order valence-electron chi connectivity index (χ2n) is 3.29. The van der Waals surface area contributed by atoms with E-state index in [1.165, 1.54) is 6.21 Å². The summed E-state index contributed by atoms with van der Waals surface area (Å²) in [7, 11) is 0. The number of hydrogen-bond acceptors (Lipinski definition) is 2. The summed E-state index contributed by atoms with van der Waals surface area (Å²) in [5.41, 5.74) is -0.880. The van der Waals surface area contributed by atoms with E-state index in [0.717, 1.165) is 12.1 Å². The molecule has 0 radical (unpaired) electrons. The number of carbonyl (C=O) groups excluding carboxylic acids is 1. The van der Waals surface area contributed by atoms with Crippen molar-refractivity contribution in [3.05, 3.63) is 28.3 Å². The molecule has 84 valence electrons. The van der Waals surface area contributed by atoms with Gasteiger partial charge in [-0.2, -0.15) is 13.2 Å². The fourth-order valence-corrected chi connectivity index (χ4v) is 1.70. The summed E-state index contributed by atoms with van der Waals surface area (Å²) in [6.45, 7) is 0. The van der Waals surface area contributed by atoms with Crippen LogP contribution in [0.2, 0.25) is 5.02 Å². The van der Waals surface area contributed by atoms with Crippen LogP contribution >= 0.6 is 11.6 Å². The Morgan fingerprint density at radius 2 is 2.00 bits per heavy atom. The lowest BCUT2D eigenvalue weighted by Gasteiger charge is -2.14. The van der Waals surface area contributed by atoms with Gasteiger partial charge in [-0.1, -0.05) is 11.6 Å². The Balaban J connectivity index is 2.65. The van der Waals surface area contributed by atoms with E-state index in [1.54, 1.807) is 0 Å². The molecule has 6 heteroatoms. The standard InChI is InChI=1S/C10H5ClF3NO/c11-7-4-5(10(12,13)14)3-6-8(16)1-2-15-9(6)7/h2-4H,1H2. The minimum Gasteiger partial charge on any atom is -0.294 e. The third kappa shape index (κ3) is 1.82. The van der Waals surface area contributed by atoms with Gasteiger partial charge in [-0.3, -0.25) is 9.79 Å². The van der Waals surface area contributed by atoms with Gasteiger partial charge < -0.3 is 0 Å². The van der Waals surface area contributed by atoms with Crippen molar-refractivity contribution in [3.8, 4) is 0 Å². The number of Topliss-reactive ketones (excluding diaryl/α,β-unsaturated/α-hetero) is 1. The highest BCUT2D eigenvalue weighted by Crippen LogP contribution is 2.38. The first kappa shape index (κ1) is 11.1. The van der Waals surface area contributed by atoms with Crippen molar-refractivity contribution in [3.63, 3.8) is 0 Å². The lowest BCUT2D eigenvalue weighted by Crippen LogP contribution is -2.10. The molecular weight excluding hydrogens is 243 g/mol. The van der Waals surface area contributed by atoms with Gasteiger partial charge in [0.25, 0.3) is 0 Å². The third-order valence-corrected chi connectivity index (χ3v) is 2.48. The van der Waals surface area contributed by atoms with Crippen LogP contribution in [0.25, 0.3) is 0 Å². The smallest absolute Gasteiger partial charge is 0.294 e. The molecule has 1 aliphatic heterocycles. The molecule has 0 N–H and O–H groups in total. The molecule has 0 amide bonds. The molecule has 0 unspecified atom stereocenters. The van der Waals surface area contributed by atoms with E-state index in [0.29, 0.717) is 0 Å². The van der Waals surface area contributed by atoms with Crippen molar-refractivity contribution >= 4 is 29.3 Å². The summed E-state index contributed by atoms with van der Waals surface area (Å²) in [5, 5.41) is -0.158. The van der Waals surface area contributed by atoms with Gasteiger partial charge >= 0.3 is 6.18 Å². The first-order valence-electron chi connectivity index (χ1n) is 4.36. The molecule has 0 saturated carbocycles. The Hall–Kier alpha value is -1.36. The van der Waals surface area contributed by atoms with Crippen LogP contribution in [0.4, 0.5) is 18.9 Å². The molecule has 0 aromatic heterocycles. The number of hydrogen-bond donors (Lipinski definition) is 0. The van der Waals surface area contributed by atoms with Crippen molar-refractivity contribution in [2.45, 2.75) is 12.6 Å².